The zero-order valence-corrected chi connectivity index (χ0v) is 9.67. The molecule has 1 heterocycles. The van der Waals surface area contributed by atoms with E-state index in [9.17, 15) is 0 Å². The number of rotatable bonds is 4. The Labute approximate surface area is 90.7 Å². The van der Waals surface area contributed by atoms with E-state index in [1.807, 2.05) is 19.2 Å². The lowest BCUT2D eigenvalue weighted by molar-refractivity contribution is 0.466. The van der Waals surface area contributed by atoms with Crippen molar-refractivity contribution in [2.75, 3.05) is 7.05 Å². The first kappa shape index (κ1) is 11.5. The normalized spacial score (nSPS) is 15.1. The Morgan fingerprint density at radius 1 is 1.50 bits per heavy atom. The summed E-state index contributed by atoms with van der Waals surface area (Å²) < 4.78 is 0. The van der Waals surface area contributed by atoms with Gasteiger partial charge < -0.3 is 5.32 Å². The maximum atomic E-state index is 5.79. The van der Waals surface area contributed by atoms with Gasteiger partial charge in [0.05, 0.1) is 5.02 Å². The first-order valence-corrected chi connectivity index (χ1v) is 5.35. The molecule has 0 aliphatic rings. The summed E-state index contributed by atoms with van der Waals surface area (Å²) in [5.74, 6) is 0.419. The van der Waals surface area contributed by atoms with Gasteiger partial charge in [-0.1, -0.05) is 25.4 Å². The minimum Gasteiger partial charge on any atom is -0.316 e. The van der Waals surface area contributed by atoms with E-state index in [-0.39, 0.29) is 0 Å². The van der Waals surface area contributed by atoms with Crippen molar-refractivity contribution < 1.29 is 0 Å². The molecule has 14 heavy (non-hydrogen) atoms. The predicted octanol–water partition coefficient (Wildman–Crippen LogP) is 2.84. The number of halogens is 1. The molecule has 1 aromatic rings. The van der Waals surface area contributed by atoms with Gasteiger partial charge in [0.2, 0.25) is 0 Å². The van der Waals surface area contributed by atoms with Gasteiger partial charge in [-0.05, 0) is 25.6 Å². The van der Waals surface area contributed by atoms with Gasteiger partial charge in [-0.25, -0.2) is 0 Å². The lowest BCUT2D eigenvalue weighted by Gasteiger charge is -2.21. The molecule has 2 nitrogen and oxygen atoms in total. The Bertz CT molecular complexity index is 267. The summed E-state index contributed by atoms with van der Waals surface area (Å²) >= 11 is 5.79. The van der Waals surface area contributed by atoms with Crippen molar-refractivity contribution >= 4 is 11.6 Å². The van der Waals surface area contributed by atoms with E-state index in [0.717, 1.165) is 12.1 Å². The van der Waals surface area contributed by atoms with Crippen molar-refractivity contribution in [1.82, 2.24) is 10.3 Å². The second-order valence-corrected chi connectivity index (χ2v) is 3.93. The molecule has 0 saturated heterocycles. The van der Waals surface area contributed by atoms with Crippen LogP contribution in [0.3, 0.4) is 0 Å². The van der Waals surface area contributed by atoms with Crippen molar-refractivity contribution in [3.63, 3.8) is 0 Å². The van der Waals surface area contributed by atoms with Crippen LogP contribution in [0.1, 0.15) is 31.9 Å². The van der Waals surface area contributed by atoms with Crippen LogP contribution in [0.5, 0.6) is 0 Å². The monoisotopic (exact) mass is 212 g/mol. The van der Waals surface area contributed by atoms with Crippen molar-refractivity contribution in [3.05, 3.63) is 29.0 Å². The fourth-order valence-corrected chi connectivity index (χ4v) is 1.78. The minimum absolute atomic E-state index is 0.419. The summed E-state index contributed by atoms with van der Waals surface area (Å²) in [6, 6.07) is 4.36. The molecule has 0 bridgehead atoms. The molecule has 78 valence electrons. The van der Waals surface area contributed by atoms with Crippen LogP contribution in [-0.4, -0.2) is 18.1 Å². The van der Waals surface area contributed by atoms with E-state index >= 15 is 0 Å². The molecule has 0 aliphatic heterocycles. The van der Waals surface area contributed by atoms with E-state index in [1.165, 1.54) is 0 Å². The first-order chi connectivity index (χ1) is 6.69. The fourth-order valence-electron chi connectivity index (χ4n) is 1.67. The van der Waals surface area contributed by atoms with Gasteiger partial charge in [0.25, 0.3) is 0 Å². The average Bonchev–Trinajstić information content (AvgIpc) is 2.20. The SMILES string of the molecule is CCC(NC)C(C)c1ccc(Cl)cn1. The maximum absolute atomic E-state index is 5.79. The van der Waals surface area contributed by atoms with Crippen LogP contribution in [0.2, 0.25) is 5.02 Å². The molecule has 0 saturated carbocycles. The third-order valence-electron chi connectivity index (χ3n) is 2.63. The van der Waals surface area contributed by atoms with Crippen LogP contribution in [0, 0.1) is 0 Å². The fraction of sp³-hybridized carbons (Fsp3) is 0.545. The quantitative estimate of drug-likeness (QED) is 0.831. The Morgan fingerprint density at radius 2 is 2.21 bits per heavy atom. The molecule has 0 aromatic carbocycles. The van der Waals surface area contributed by atoms with Crippen LogP contribution in [0.15, 0.2) is 18.3 Å². The van der Waals surface area contributed by atoms with E-state index < -0.39 is 0 Å². The lowest BCUT2D eigenvalue weighted by atomic mass is 9.96. The molecule has 0 amide bonds. The number of pyridine rings is 1. The van der Waals surface area contributed by atoms with Gasteiger partial charge in [0.1, 0.15) is 0 Å². The highest BCUT2D eigenvalue weighted by Gasteiger charge is 2.15. The van der Waals surface area contributed by atoms with E-state index in [1.54, 1.807) is 6.20 Å². The molecule has 0 aliphatic carbocycles. The maximum Gasteiger partial charge on any atom is 0.0589 e. The second kappa shape index (κ2) is 5.32. The minimum atomic E-state index is 0.419. The van der Waals surface area contributed by atoms with Crippen LogP contribution in [-0.2, 0) is 0 Å². The highest BCUT2D eigenvalue weighted by Crippen LogP contribution is 2.20. The summed E-state index contributed by atoms with van der Waals surface area (Å²) in [6.45, 7) is 4.36. The standard InChI is InChI=1S/C11H17ClN2/c1-4-10(13-3)8(2)11-6-5-9(12)7-14-11/h5-8,10,13H,4H2,1-3H3. The zero-order valence-electron chi connectivity index (χ0n) is 8.92. The number of nitrogens with zero attached hydrogens (tertiary/aromatic N) is 1. The van der Waals surface area contributed by atoms with Gasteiger partial charge in [-0.15, -0.1) is 0 Å². The summed E-state index contributed by atoms with van der Waals surface area (Å²) in [5, 5.41) is 3.98. The third-order valence-corrected chi connectivity index (χ3v) is 2.85. The number of hydrogen-bond acceptors (Lipinski definition) is 2. The molecular weight excluding hydrogens is 196 g/mol. The number of likely N-dealkylation sites (N-methyl/N-ethyl adjacent to an activating group) is 1. The highest BCUT2D eigenvalue weighted by molar-refractivity contribution is 6.30. The summed E-state index contributed by atoms with van der Waals surface area (Å²) in [5.41, 5.74) is 1.09. The molecule has 0 spiro atoms. The largest absolute Gasteiger partial charge is 0.316 e. The molecule has 0 radical (unpaired) electrons. The first-order valence-electron chi connectivity index (χ1n) is 4.97. The van der Waals surface area contributed by atoms with Crippen LogP contribution in [0.4, 0.5) is 0 Å². The summed E-state index contributed by atoms with van der Waals surface area (Å²) in [6.07, 6.45) is 2.80. The van der Waals surface area contributed by atoms with Crippen molar-refractivity contribution in [2.45, 2.75) is 32.2 Å². The van der Waals surface area contributed by atoms with E-state index in [2.05, 4.69) is 24.1 Å². The molecule has 1 N–H and O–H groups in total. The molecule has 2 unspecified atom stereocenters. The molecule has 2 atom stereocenters. The average molecular weight is 213 g/mol. The Morgan fingerprint density at radius 3 is 2.64 bits per heavy atom. The topological polar surface area (TPSA) is 24.9 Å². The van der Waals surface area contributed by atoms with Crippen molar-refractivity contribution in [1.29, 1.82) is 0 Å². The Hall–Kier alpha value is -0.600. The molecule has 0 fully saturated rings. The predicted molar refractivity (Wildman–Crippen MR) is 60.8 cm³/mol. The molecule has 1 rings (SSSR count). The van der Waals surface area contributed by atoms with Gasteiger partial charge in [-0.3, -0.25) is 4.98 Å². The van der Waals surface area contributed by atoms with Crippen LogP contribution >= 0.6 is 11.6 Å². The number of nitrogens with one attached hydrogen (secondary N) is 1. The smallest absolute Gasteiger partial charge is 0.0589 e. The summed E-state index contributed by atoms with van der Waals surface area (Å²) in [7, 11) is 1.99. The number of hydrogen-bond donors (Lipinski definition) is 1. The zero-order chi connectivity index (χ0) is 10.6. The summed E-state index contributed by atoms with van der Waals surface area (Å²) in [4.78, 5) is 4.32. The van der Waals surface area contributed by atoms with Crippen molar-refractivity contribution in [2.24, 2.45) is 0 Å². The van der Waals surface area contributed by atoms with Crippen molar-refractivity contribution in [3.8, 4) is 0 Å². The lowest BCUT2D eigenvalue weighted by Crippen LogP contribution is -2.30. The molecular formula is C11H17ClN2. The molecule has 1 aromatic heterocycles. The second-order valence-electron chi connectivity index (χ2n) is 3.49. The van der Waals surface area contributed by atoms with Crippen LogP contribution in [0.25, 0.3) is 0 Å². The van der Waals surface area contributed by atoms with E-state index in [0.29, 0.717) is 17.0 Å². The molecule has 3 heteroatoms. The Kier molecular flexibility index (Phi) is 4.36. The Balaban J connectivity index is 2.77. The van der Waals surface area contributed by atoms with E-state index in [4.69, 9.17) is 11.6 Å². The van der Waals surface area contributed by atoms with Gasteiger partial charge >= 0.3 is 0 Å². The van der Waals surface area contributed by atoms with Gasteiger partial charge in [0.15, 0.2) is 0 Å². The third kappa shape index (κ3) is 2.69. The van der Waals surface area contributed by atoms with Gasteiger partial charge in [0, 0.05) is 23.9 Å². The highest BCUT2D eigenvalue weighted by atomic mass is 35.5. The number of aromatic nitrogens is 1. The van der Waals surface area contributed by atoms with Gasteiger partial charge in [-0.2, -0.15) is 0 Å². The van der Waals surface area contributed by atoms with Crippen LogP contribution < -0.4 is 5.32 Å².